The van der Waals surface area contributed by atoms with Gasteiger partial charge in [0.25, 0.3) is 5.91 Å². The van der Waals surface area contributed by atoms with Crippen molar-refractivity contribution in [2.45, 2.75) is 58.4 Å². The number of amides is 1. The van der Waals surface area contributed by atoms with E-state index in [0.29, 0.717) is 22.9 Å². The van der Waals surface area contributed by atoms with Crippen molar-refractivity contribution < 1.29 is 19.1 Å². The molecule has 4 rings (SSSR count). The quantitative estimate of drug-likeness (QED) is 0.384. The van der Waals surface area contributed by atoms with Gasteiger partial charge in [-0.2, -0.15) is 5.10 Å². The summed E-state index contributed by atoms with van der Waals surface area (Å²) in [4.78, 5) is 22.9. The van der Waals surface area contributed by atoms with Crippen LogP contribution in [0.15, 0.2) is 46.9 Å². The highest BCUT2D eigenvalue weighted by Crippen LogP contribution is 2.40. The van der Waals surface area contributed by atoms with Crippen molar-refractivity contribution in [3.05, 3.63) is 65.0 Å². The van der Waals surface area contributed by atoms with Crippen LogP contribution >= 0.6 is 0 Å². The lowest BCUT2D eigenvalue weighted by Crippen LogP contribution is -2.26. The maximum absolute atomic E-state index is 12.3. The zero-order valence-corrected chi connectivity index (χ0v) is 20.2. The van der Waals surface area contributed by atoms with Crippen LogP contribution in [0.5, 0.6) is 0 Å². The zero-order chi connectivity index (χ0) is 24.8. The first-order valence-corrected chi connectivity index (χ1v) is 12.2. The molecule has 3 aromatic rings. The second-order valence-corrected chi connectivity index (χ2v) is 9.18. The Kier molecular flexibility index (Phi) is 7.80. The van der Waals surface area contributed by atoms with Gasteiger partial charge in [-0.25, -0.2) is 0 Å². The lowest BCUT2D eigenvalue weighted by molar-refractivity contribution is -0.136. The van der Waals surface area contributed by atoms with Crippen LogP contribution in [0.2, 0.25) is 0 Å². The number of aliphatic carboxylic acids is 1. The first kappa shape index (κ1) is 24.4. The minimum absolute atomic E-state index is 0.0708. The molecule has 0 radical (unpaired) electrons. The van der Waals surface area contributed by atoms with Crippen molar-refractivity contribution in [3.63, 3.8) is 0 Å². The number of rotatable bonds is 9. The molecule has 1 unspecified atom stereocenters. The molecule has 8 nitrogen and oxygen atoms in total. The van der Waals surface area contributed by atoms with E-state index in [1.54, 1.807) is 12.1 Å². The number of nitrogens with zero attached hydrogens (tertiary/aromatic N) is 2. The number of aryl methyl sites for hydroxylation is 2. The number of carboxylic acids is 1. The summed E-state index contributed by atoms with van der Waals surface area (Å²) in [5, 5.41) is 23.5. The molecule has 1 atom stereocenters. The van der Waals surface area contributed by atoms with Gasteiger partial charge in [0.1, 0.15) is 11.5 Å². The second-order valence-electron chi connectivity index (χ2n) is 9.18. The van der Waals surface area contributed by atoms with Gasteiger partial charge in [-0.15, -0.1) is 5.10 Å². The molecular weight excluding hydrogens is 444 g/mol. The summed E-state index contributed by atoms with van der Waals surface area (Å²) in [6, 6.07) is 13.3. The van der Waals surface area contributed by atoms with Gasteiger partial charge in [0, 0.05) is 23.4 Å². The van der Waals surface area contributed by atoms with Gasteiger partial charge in [-0.05, 0) is 75.1 Å². The summed E-state index contributed by atoms with van der Waals surface area (Å²) < 4.78 is 6.12. The lowest BCUT2D eigenvalue weighted by Gasteiger charge is -2.31. The number of anilines is 1. The molecule has 1 fully saturated rings. The third kappa shape index (κ3) is 6.26. The minimum atomic E-state index is -0.939. The molecule has 0 aliphatic heterocycles. The number of hydrogen-bond acceptors (Lipinski definition) is 6. The molecule has 0 spiro atoms. The van der Waals surface area contributed by atoms with Crippen LogP contribution in [0.3, 0.4) is 0 Å². The summed E-state index contributed by atoms with van der Waals surface area (Å²) in [5.74, 6) is 0.818. The fourth-order valence-corrected chi connectivity index (χ4v) is 4.66. The molecule has 1 aromatic carbocycles. The number of aromatic nitrogens is 2. The third-order valence-electron chi connectivity index (χ3n) is 6.56. The summed E-state index contributed by atoms with van der Waals surface area (Å²) in [6.45, 7) is 4.00. The van der Waals surface area contributed by atoms with E-state index in [1.807, 2.05) is 38.1 Å². The lowest BCUT2D eigenvalue weighted by atomic mass is 9.81. The molecule has 8 heteroatoms. The standard InChI is InChI=1S/C27H32N4O4/c1-17-8-13-23(31-30-17)24-16-22(18(2)35-24)26(19-6-4-3-5-7-19)29-21-11-9-20(10-12-21)27(34)28-15-14-25(32)33/h8-13,16,19,26,29H,3-7,14-15H2,1-2H3,(H,28,34)(H,32,33). The molecule has 2 aromatic heterocycles. The van der Waals surface area contributed by atoms with Crippen LogP contribution in [-0.4, -0.2) is 33.7 Å². The third-order valence-corrected chi connectivity index (χ3v) is 6.56. The Labute approximate surface area is 205 Å². The van der Waals surface area contributed by atoms with Crippen molar-refractivity contribution in [2.24, 2.45) is 5.92 Å². The predicted molar refractivity (Wildman–Crippen MR) is 133 cm³/mol. The van der Waals surface area contributed by atoms with Crippen LogP contribution in [0.1, 0.15) is 71.9 Å². The summed E-state index contributed by atoms with van der Waals surface area (Å²) in [5.41, 5.74) is 4.10. The Morgan fingerprint density at radius 1 is 1.06 bits per heavy atom. The molecule has 1 amide bonds. The van der Waals surface area contributed by atoms with Crippen LogP contribution in [0, 0.1) is 19.8 Å². The molecule has 35 heavy (non-hydrogen) atoms. The number of nitrogens with one attached hydrogen (secondary N) is 2. The highest BCUT2D eigenvalue weighted by Gasteiger charge is 2.29. The van der Waals surface area contributed by atoms with Gasteiger partial charge in [-0.1, -0.05) is 19.3 Å². The SMILES string of the molecule is Cc1ccc(-c2cc(C(Nc3ccc(C(=O)NCCC(=O)O)cc3)C3CCCCC3)c(C)o2)nn1. The maximum atomic E-state index is 12.3. The van der Waals surface area contributed by atoms with Crippen LogP contribution in [0.4, 0.5) is 5.69 Å². The summed E-state index contributed by atoms with van der Waals surface area (Å²) in [7, 11) is 0. The maximum Gasteiger partial charge on any atom is 0.305 e. The van der Waals surface area contributed by atoms with E-state index in [1.165, 1.54) is 19.3 Å². The number of carbonyl (C=O) groups is 2. The smallest absolute Gasteiger partial charge is 0.305 e. The van der Waals surface area contributed by atoms with Crippen LogP contribution in [0.25, 0.3) is 11.5 Å². The van der Waals surface area contributed by atoms with Gasteiger partial charge < -0.3 is 20.2 Å². The van der Waals surface area contributed by atoms with Crippen LogP contribution in [-0.2, 0) is 4.79 Å². The Hall–Kier alpha value is -3.68. The Morgan fingerprint density at radius 3 is 2.46 bits per heavy atom. The monoisotopic (exact) mass is 476 g/mol. The van der Waals surface area contributed by atoms with Gasteiger partial charge in [0.15, 0.2) is 5.76 Å². The fraction of sp³-hybridized carbons (Fsp3) is 0.407. The van der Waals surface area contributed by atoms with Crippen LogP contribution < -0.4 is 10.6 Å². The van der Waals surface area contributed by atoms with E-state index in [2.05, 4.69) is 26.9 Å². The molecule has 1 aliphatic carbocycles. The fourth-order valence-electron chi connectivity index (χ4n) is 4.66. The highest BCUT2D eigenvalue weighted by molar-refractivity contribution is 5.94. The van der Waals surface area contributed by atoms with Crippen molar-refractivity contribution in [1.82, 2.24) is 15.5 Å². The largest absolute Gasteiger partial charge is 0.481 e. The van der Waals surface area contributed by atoms with Gasteiger partial charge >= 0.3 is 5.97 Å². The Bertz CT molecular complexity index is 1150. The summed E-state index contributed by atoms with van der Waals surface area (Å²) >= 11 is 0. The Morgan fingerprint density at radius 2 is 1.80 bits per heavy atom. The number of benzene rings is 1. The van der Waals surface area contributed by atoms with Crippen molar-refractivity contribution in [2.75, 3.05) is 11.9 Å². The number of hydrogen-bond donors (Lipinski definition) is 3. The van der Waals surface area contributed by atoms with E-state index in [9.17, 15) is 9.59 Å². The van der Waals surface area contributed by atoms with E-state index >= 15 is 0 Å². The van der Waals surface area contributed by atoms with E-state index in [4.69, 9.17) is 9.52 Å². The van der Waals surface area contributed by atoms with E-state index in [-0.39, 0.29) is 24.9 Å². The zero-order valence-electron chi connectivity index (χ0n) is 20.2. The minimum Gasteiger partial charge on any atom is -0.481 e. The van der Waals surface area contributed by atoms with Crippen molar-refractivity contribution >= 4 is 17.6 Å². The molecule has 1 aliphatic rings. The summed E-state index contributed by atoms with van der Waals surface area (Å²) in [6.07, 6.45) is 5.88. The van der Waals surface area contributed by atoms with E-state index in [0.717, 1.165) is 35.5 Å². The Balaban J connectivity index is 1.54. The normalized spacial score (nSPS) is 14.9. The highest BCUT2D eigenvalue weighted by atomic mass is 16.4. The first-order chi connectivity index (χ1) is 16.9. The molecule has 0 saturated heterocycles. The van der Waals surface area contributed by atoms with Gasteiger partial charge in [-0.3, -0.25) is 9.59 Å². The predicted octanol–water partition coefficient (Wildman–Crippen LogP) is 5.29. The average Bonchev–Trinajstić information content (AvgIpc) is 3.24. The van der Waals surface area contributed by atoms with Crippen molar-refractivity contribution in [1.29, 1.82) is 0 Å². The van der Waals surface area contributed by atoms with E-state index < -0.39 is 5.97 Å². The number of carbonyl (C=O) groups excluding carboxylic acids is 1. The molecule has 2 heterocycles. The molecule has 3 N–H and O–H groups in total. The average molecular weight is 477 g/mol. The molecular formula is C27H32N4O4. The topological polar surface area (TPSA) is 117 Å². The molecule has 1 saturated carbocycles. The first-order valence-electron chi connectivity index (χ1n) is 12.2. The second kappa shape index (κ2) is 11.2. The molecule has 184 valence electrons. The van der Waals surface area contributed by atoms with Crippen molar-refractivity contribution in [3.8, 4) is 11.5 Å². The van der Waals surface area contributed by atoms with Gasteiger partial charge in [0.05, 0.1) is 18.2 Å². The number of furan rings is 1. The molecule has 0 bridgehead atoms. The van der Waals surface area contributed by atoms with Gasteiger partial charge in [0.2, 0.25) is 0 Å². The number of carboxylic acid groups (broad SMARTS) is 1.